The molecule has 1 aliphatic heterocycles. The Morgan fingerprint density at radius 2 is 0.699 bits per heavy atom. The molecule has 0 atom stereocenters. The highest BCUT2D eigenvalue weighted by Gasteiger charge is 2.27. The average Bonchev–Trinajstić information content (AvgIpc) is 2.31. The molecule has 0 N–H and O–H groups in total. The van der Waals surface area contributed by atoms with E-state index >= 15 is 0 Å². The molecule has 390 valence electrons. The van der Waals surface area contributed by atoms with Crippen molar-refractivity contribution in [2.45, 2.75) is 0 Å². The van der Waals surface area contributed by atoms with Crippen LogP contribution in [-0.2, 0) is 0 Å². The largest absolute Gasteiger partial charge is 0.453 e. The number of hydrogen-bond acceptors (Lipinski definition) is 3. The van der Waals surface area contributed by atoms with Gasteiger partial charge in [0, 0.05) is 83.8 Å². The van der Waals surface area contributed by atoms with E-state index in [0.29, 0.717) is 0 Å². The Labute approximate surface area is 477 Å². The summed E-state index contributed by atoms with van der Waals surface area (Å²) in [5.74, 6) is 1.70. The summed E-state index contributed by atoms with van der Waals surface area (Å²) in [7, 11) is 0. The molecule has 0 saturated heterocycles. The van der Waals surface area contributed by atoms with Crippen LogP contribution in [0.15, 0.2) is 302 Å². The lowest BCUT2D eigenvalue weighted by Gasteiger charge is -2.33. The summed E-state index contributed by atoms with van der Waals surface area (Å²) in [5.41, 5.74) is 18.8. The molecule has 18 rings (SSSR count). The SMILES string of the molecule is c1ccc(-c2cccc3c2oc2c(-n4c5ccccc5c5c6ccn(-c7ccccc7)c6ccc54)cccc23)cc1.c1ccc(-n2ccc3c4c5ccccc5n(-c5cccc(N6c7ccccc7Oc7ccccc76)c5)c4ccc32)cc1. The molecule has 0 unspecified atom stereocenters. The maximum atomic E-state index is 6.82. The number of ether oxygens (including phenoxy) is 1. The van der Waals surface area contributed by atoms with Crippen LogP contribution < -0.4 is 9.64 Å². The van der Waals surface area contributed by atoms with Gasteiger partial charge in [-0.2, -0.15) is 0 Å². The van der Waals surface area contributed by atoms with Crippen LogP contribution in [0, 0.1) is 0 Å². The topological polar surface area (TPSA) is 45.3 Å². The second-order valence-electron chi connectivity index (χ2n) is 21.2. The Kier molecular flexibility index (Phi) is 10.5. The first kappa shape index (κ1) is 46.6. The van der Waals surface area contributed by atoms with E-state index in [1.807, 2.05) is 30.3 Å². The second kappa shape index (κ2) is 18.7. The zero-order chi connectivity index (χ0) is 54.5. The van der Waals surface area contributed by atoms with E-state index in [0.717, 1.165) is 84.4 Å². The van der Waals surface area contributed by atoms with Gasteiger partial charge >= 0.3 is 0 Å². The minimum atomic E-state index is 0.851. The summed E-state index contributed by atoms with van der Waals surface area (Å²) >= 11 is 0. The number of nitrogens with zero attached hydrogens (tertiary/aromatic N) is 5. The Hall–Kier alpha value is -11.3. The Bertz CT molecular complexity index is 5330. The van der Waals surface area contributed by atoms with Crippen molar-refractivity contribution in [1.29, 1.82) is 0 Å². The van der Waals surface area contributed by atoms with Crippen molar-refractivity contribution in [1.82, 2.24) is 18.3 Å². The van der Waals surface area contributed by atoms with Gasteiger partial charge in [0.2, 0.25) is 0 Å². The van der Waals surface area contributed by atoms with Gasteiger partial charge in [-0.3, -0.25) is 0 Å². The number of aromatic nitrogens is 4. The maximum absolute atomic E-state index is 6.82. The Morgan fingerprint density at radius 3 is 1.33 bits per heavy atom. The highest BCUT2D eigenvalue weighted by molar-refractivity contribution is 6.23. The monoisotopic (exact) mass is 1060 g/mol. The summed E-state index contributed by atoms with van der Waals surface area (Å²) in [5, 5.41) is 9.75. The van der Waals surface area contributed by atoms with Gasteiger partial charge in [-0.15, -0.1) is 0 Å². The van der Waals surface area contributed by atoms with Gasteiger partial charge < -0.3 is 32.3 Å². The van der Waals surface area contributed by atoms with Crippen molar-refractivity contribution in [3.8, 4) is 45.4 Å². The standard InChI is InChI=1S/C38H25N3O.C38H24N2O/c1-2-11-26(12-3-1)39-24-23-30-31(39)21-22-35-38(30)29-15-4-5-16-32(29)40(35)27-13-10-14-28(25-27)41-33-17-6-8-19-36(33)42-37-20-9-7-18-34(37)41;1-3-11-25(12-4-1)27-16-9-17-28-29-18-10-20-35(38(29)41-37(27)28)40-33-19-8-7-15-30(33)36-31-23-24-39(26-13-5-2-6-14-26)32(31)21-22-34(36)40/h1-25H;1-24H. The van der Waals surface area contributed by atoms with Gasteiger partial charge in [0.15, 0.2) is 17.1 Å². The molecule has 0 bridgehead atoms. The Balaban J connectivity index is 0.000000131. The minimum absolute atomic E-state index is 0.851. The molecule has 12 aromatic carbocycles. The molecular weight excluding hydrogens is 1010 g/mol. The normalized spacial score (nSPS) is 12.2. The maximum Gasteiger partial charge on any atom is 0.159 e. The highest BCUT2D eigenvalue weighted by atomic mass is 16.5. The molecule has 83 heavy (non-hydrogen) atoms. The van der Waals surface area contributed by atoms with E-state index < -0.39 is 0 Å². The van der Waals surface area contributed by atoms with E-state index in [-0.39, 0.29) is 0 Å². The highest BCUT2D eigenvalue weighted by Crippen LogP contribution is 2.51. The number of fused-ring (bicyclic) bond motifs is 15. The van der Waals surface area contributed by atoms with Crippen molar-refractivity contribution in [3.63, 3.8) is 0 Å². The smallest absolute Gasteiger partial charge is 0.159 e. The summed E-state index contributed by atoms with van der Waals surface area (Å²) < 4.78 is 22.4. The molecule has 0 aliphatic carbocycles. The molecule has 0 fully saturated rings. The van der Waals surface area contributed by atoms with Gasteiger partial charge in [0.1, 0.15) is 5.58 Å². The molecule has 6 heterocycles. The third-order valence-corrected chi connectivity index (χ3v) is 16.7. The lowest BCUT2D eigenvalue weighted by molar-refractivity contribution is 0.477. The number of benzene rings is 12. The van der Waals surface area contributed by atoms with E-state index in [1.54, 1.807) is 0 Å². The molecule has 7 heteroatoms. The second-order valence-corrected chi connectivity index (χ2v) is 21.2. The van der Waals surface area contributed by atoms with Crippen LogP contribution in [0.25, 0.3) is 121 Å². The van der Waals surface area contributed by atoms with Gasteiger partial charge in [0.25, 0.3) is 0 Å². The lowest BCUT2D eigenvalue weighted by atomic mass is 10.0. The summed E-state index contributed by atoms with van der Waals surface area (Å²) in [6.07, 6.45) is 4.36. The van der Waals surface area contributed by atoms with Gasteiger partial charge in [-0.25, -0.2) is 0 Å². The van der Waals surface area contributed by atoms with E-state index in [9.17, 15) is 0 Å². The quantitative estimate of drug-likeness (QED) is 0.167. The minimum Gasteiger partial charge on any atom is -0.453 e. The van der Waals surface area contributed by atoms with Crippen molar-refractivity contribution in [3.05, 3.63) is 298 Å². The zero-order valence-electron chi connectivity index (χ0n) is 44.8. The molecule has 0 radical (unpaired) electrons. The fourth-order valence-electron chi connectivity index (χ4n) is 13.1. The van der Waals surface area contributed by atoms with Crippen LogP contribution in [0.1, 0.15) is 0 Å². The number of rotatable bonds is 6. The summed E-state index contributed by atoms with van der Waals surface area (Å²) in [6, 6.07) is 101. The van der Waals surface area contributed by atoms with Crippen LogP contribution in [0.5, 0.6) is 11.5 Å². The van der Waals surface area contributed by atoms with Crippen molar-refractivity contribution in [2.75, 3.05) is 4.90 Å². The van der Waals surface area contributed by atoms with Crippen LogP contribution >= 0.6 is 0 Å². The zero-order valence-corrected chi connectivity index (χ0v) is 44.8. The molecule has 1 aliphatic rings. The number of anilines is 3. The van der Waals surface area contributed by atoms with Crippen LogP contribution in [0.3, 0.4) is 0 Å². The number of para-hydroxylation sites is 10. The molecule has 0 saturated carbocycles. The fourth-order valence-corrected chi connectivity index (χ4v) is 13.1. The average molecular weight is 1060 g/mol. The first-order chi connectivity index (χ1) is 41.2. The Morgan fingerprint density at radius 1 is 0.265 bits per heavy atom. The van der Waals surface area contributed by atoms with E-state index in [4.69, 9.17) is 9.15 Å². The molecular formula is C76H49N5O2. The summed E-state index contributed by atoms with van der Waals surface area (Å²) in [6.45, 7) is 0. The van der Waals surface area contributed by atoms with Crippen LogP contribution in [0.4, 0.5) is 17.1 Å². The van der Waals surface area contributed by atoms with Gasteiger partial charge in [0.05, 0.1) is 50.2 Å². The molecule has 17 aromatic rings. The van der Waals surface area contributed by atoms with Crippen molar-refractivity contribution >= 4 is 104 Å². The van der Waals surface area contributed by atoms with E-state index in [1.165, 1.54) is 65.4 Å². The fraction of sp³-hybridized carbons (Fsp3) is 0. The third-order valence-electron chi connectivity index (χ3n) is 16.7. The lowest BCUT2D eigenvalue weighted by Crippen LogP contribution is -2.15. The first-order valence-corrected chi connectivity index (χ1v) is 28.2. The predicted molar refractivity (Wildman–Crippen MR) is 343 cm³/mol. The number of furan rings is 1. The molecule has 5 aromatic heterocycles. The molecule has 0 amide bonds. The van der Waals surface area contributed by atoms with Gasteiger partial charge in [-0.1, -0.05) is 164 Å². The summed E-state index contributed by atoms with van der Waals surface area (Å²) in [4.78, 5) is 2.30. The van der Waals surface area contributed by atoms with E-state index in [2.05, 4.69) is 290 Å². The predicted octanol–water partition coefficient (Wildman–Crippen LogP) is 20.6. The molecule has 0 spiro atoms. The molecule has 7 nitrogen and oxygen atoms in total. The van der Waals surface area contributed by atoms with Crippen LogP contribution in [0.2, 0.25) is 0 Å². The number of hydrogen-bond donors (Lipinski definition) is 0. The first-order valence-electron chi connectivity index (χ1n) is 28.2. The van der Waals surface area contributed by atoms with Gasteiger partial charge in [-0.05, 0) is 127 Å². The van der Waals surface area contributed by atoms with Crippen molar-refractivity contribution in [2.24, 2.45) is 0 Å². The van der Waals surface area contributed by atoms with Crippen molar-refractivity contribution < 1.29 is 9.15 Å². The van der Waals surface area contributed by atoms with Crippen LogP contribution in [-0.4, -0.2) is 18.3 Å². The third kappa shape index (κ3) is 7.24.